The molecule has 22 heavy (non-hydrogen) atoms. The van der Waals surface area contributed by atoms with E-state index in [0.29, 0.717) is 13.2 Å². The maximum Gasteiger partial charge on any atom is 0.239 e. The first-order chi connectivity index (χ1) is 10.5. The first-order valence-electron chi connectivity index (χ1n) is 7.31. The van der Waals surface area contributed by atoms with E-state index < -0.39 is 6.04 Å². The van der Waals surface area contributed by atoms with Gasteiger partial charge in [0.1, 0.15) is 0 Å². The second kappa shape index (κ2) is 9.17. The summed E-state index contributed by atoms with van der Waals surface area (Å²) in [6, 6.07) is 7.11. The van der Waals surface area contributed by atoms with Gasteiger partial charge >= 0.3 is 0 Å². The van der Waals surface area contributed by atoms with Gasteiger partial charge in [0.15, 0.2) is 0 Å². The zero-order valence-corrected chi connectivity index (χ0v) is 13.4. The Morgan fingerprint density at radius 3 is 2.41 bits per heavy atom. The summed E-state index contributed by atoms with van der Waals surface area (Å²) in [5.41, 5.74) is 7.72. The number of hydrogen-bond donors (Lipinski definition) is 3. The number of amides is 2. The lowest BCUT2D eigenvalue weighted by Gasteiger charge is -2.15. The molecule has 0 radical (unpaired) electrons. The second-order valence-corrected chi connectivity index (χ2v) is 5.47. The molecule has 0 fully saturated rings. The molecule has 6 nitrogen and oxygen atoms in total. The van der Waals surface area contributed by atoms with Crippen molar-refractivity contribution in [3.05, 3.63) is 35.4 Å². The van der Waals surface area contributed by atoms with Crippen molar-refractivity contribution in [2.24, 2.45) is 11.7 Å². The number of carbonyl (C=O) groups excluding carboxylic acids is 2. The van der Waals surface area contributed by atoms with Gasteiger partial charge in [-0.1, -0.05) is 38.1 Å². The minimum atomic E-state index is -0.602. The van der Waals surface area contributed by atoms with Crippen LogP contribution >= 0.6 is 0 Å². The van der Waals surface area contributed by atoms with Crippen molar-refractivity contribution in [3.63, 3.8) is 0 Å². The summed E-state index contributed by atoms with van der Waals surface area (Å²) >= 11 is 0. The molecule has 0 heterocycles. The molecule has 0 aliphatic heterocycles. The molecular weight excluding hydrogens is 282 g/mol. The van der Waals surface area contributed by atoms with Crippen LogP contribution in [-0.2, 0) is 27.5 Å². The Bertz CT molecular complexity index is 503. The van der Waals surface area contributed by atoms with Gasteiger partial charge in [0, 0.05) is 13.7 Å². The van der Waals surface area contributed by atoms with Gasteiger partial charge in [-0.15, -0.1) is 0 Å². The van der Waals surface area contributed by atoms with E-state index in [2.05, 4.69) is 10.6 Å². The number of benzene rings is 1. The number of ether oxygens (including phenoxy) is 1. The van der Waals surface area contributed by atoms with E-state index in [1.54, 1.807) is 7.11 Å². The number of methoxy groups -OCH3 is 1. The lowest BCUT2D eigenvalue weighted by molar-refractivity contribution is -0.127. The lowest BCUT2D eigenvalue weighted by atomic mass is 10.1. The van der Waals surface area contributed by atoms with Gasteiger partial charge in [0.25, 0.3) is 0 Å². The summed E-state index contributed by atoms with van der Waals surface area (Å²) in [4.78, 5) is 23.5. The van der Waals surface area contributed by atoms with E-state index in [4.69, 9.17) is 10.5 Å². The predicted molar refractivity (Wildman–Crippen MR) is 84.8 cm³/mol. The molecule has 0 aromatic heterocycles. The monoisotopic (exact) mass is 307 g/mol. The average molecular weight is 307 g/mol. The fourth-order valence-corrected chi connectivity index (χ4v) is 1.87. The van der Waals surface area contributed by atoms with E-state index in [-0.39, 0.29) is 24.3 Å². The average Bonchev–Trinajstić information content (AvgIpc) is 2.51. The maximum absolute atomic E-state index is 11.8. The molecule has 1 aromatic carbocycles. The van der Waals surface area contributed by atoms with Crippen molar-refractivity contribution in [3.8, 4) is 0 Å². The van der Waals surface area contributed by atoms with Gasteiger partial charge in [-0.25, -0.2) is 0 Å². The summed E-state index contributed by atoms with van der Waals surface area (Å²) in [6.45, 7) is 4.52. The highest BCUT2D eigenvalue weighted by molar-refractivity contribution is 5.87. The molecule has 1 rings (SSSR count). The highest BCUT2D eigenvalue weighted by Crippen LogP contribution is 2.09. The van der Waals surface area contributed by atoms with Gasteiger partial charge in [0.05, 0.1) is 19.2 Å². The van der Waals surface area contributed by atoms with Crippen LogP contribution in [0.2, 0.25) is 0 Å². The summed E-state index contributed by atoms with van der Waals surface area (Å²) in [7, 11) is 1.63. The molecule has 6 heteroatoms. The van der Waals surface area contributed by atoms with Crippen LogP contribution in [0.3, 0.4) is 0 Å². The van der Waals surface area contributed by atoms with Crippen LogP contribution in [0.1, 0.15) is 25.0 Å². The molecule has 2 amide bonds. The molecule has 0 aliphatic rings. The molecule has 122 valence electrons. The fraction of sp³-hybridized carbons (Fsp3) is 0.500. The van der Waals surface area contributed by atoms with Gasteiger partial charge < -0.3 is 21.1 Å². The molecule has 0 saturated heterocycles. The van der Waals surface area contributed by atoms with Gasteiger partial charge in [-0.3, -0.25) is 9.59 Å². The summed E-state index contributed by atoms with van der Waals surface area (Å²) in [6.07, 6.45) is 0. The predicted octanol–water partition coefficient (Wildman–Crippen LogP) is 0.549. The summed E-state index contributed by atoms with van der Waals surface area (Å²) in [5, 5.41) is 5.31. The largest absolute Gasteiger partial charge is 0.380 e. The fourth-order valence-electron chi connectivity index (χ4n) is 1.87. The Labute approximate surface area is 131 Å². The standard InChI is InChI=1S/C16H25N3O3/c1-11(2)15(17)16(21)19-9-14(20)18-8-12-6-4-5-7-13(12)10-22-3/h4-7,11,15H,8-10,17H2,1-3H3,(H,18,20)(H,19,21)/t15-/m0/s1. The molecular formula is C16H25N3O3. The van der Waals surface area contributed by atoms with Crippen molar-refractivity contribution >= 4 is 11.8 Å². The van der Waals surface area contributed by atoms with Crippen molar-refractivity contribution in [1.82, 2.24) is 10.6 Å². The molecule has 1 aromatic rings. The summed E-state index contributed by atoms with van der Waals surface area (Å²) < 4.78 is 5.12. The van der Waals surface area contributed by atoms with E-state index in [1.807, 2.05) is 38.1 Å². The summed E-state index contributed by atoms with van der Waals surface area (Å²) in [5.74, 6) is -0.537. The third kappa shape index (κ3) is 5.83. The number of carbonyl (C=O) groups is 2. The van der Waals surface area contributed by atoms with E-state index >= 15 is 0 Å². The molecule has 0 bridgehead atoms. The quantitative estimate of drug-likeness (QED) is 0.654. The number of hydrogen-bond acceptors (Lipinski definition) is 4. The van der Waals surface area contributed by atoms with Crippen LogP contribution < -0.4 is 16.4 Å². The zero-order chi connectivity index (χ0) is 16.5. The Hall–Kier alpha value is -1.92. The lowest BCUT2D eigenvalue weighted by Crippen LogP contribution is -2.47. The molecule has 0 unspecified atom stereocenters. The van der Waals surface area contributed by atoms with Crippen LogP contribution in [0.15, 0.2) is 24.3 Å². The molecule has 4 N–H and O–H groups in total. The Morgan fingerprint density at radius 1 is 1.18 bits per heavy atom. The third-order valence-electron chi connectivity index (χ3n) is 3.34. The number of nitrogens with one attached hydrogen (secondary N) is 2. The van der Waals surface area contributed by atoms with Crippen molar-refractivity contribution in [1.29, 1.82) is 0 Å². The highest BCUT2D eigenvalue weighted by atomic mass is 16.5. The molecule has 0 spiro atoms. The number of rotatable bonds is 8. The van der Waals surface area contributed by atoms with Gasteiger partial charge in [-0.2, -0.15) is 0 Å². The highest BCUT2D eigenvalue weighted by Gasteiger charge is 2.17. The smallest absolute Gasteiger partial charge is 0.239 e. The third-order valence-corrected chi connectivity index (χ3v) is 3.34. The van der Waals surface area contributed by atoms with Gasteiger partial charge in [0.2, 0.25) is 11.8 Å². The molecule has 0 aliphatic carbocycles. The minimum absolute atomic E-state index is 0.0315. The zero-order valence-electron chi connectivity index (χ0n) is 13.4. The maximum atomic E-state index is 11.8. The first kappa shape index (κ1) is 18.1. The van der Waals surface area contributed by atoms with Crippen molar-refractivity contribution in [2.45, 2.75) is 33.0 Å². The van der Waals surface area contributed by atoms with Crippen LogP contribution in [0, 0.1) is 5.92 Å². The van der Waals surface area contributed by atoms with Crippen molar-refractivity contribution < 1.29 is 14.3 Å². The SMILES string of the molecule is COCc1ccccc1CNC(=O)CNC(=O)[C@@H](N)C(C)C. The Morgan fingerprint density at radius 2 is 1.82 bits per heavy atom. The van der Waals surface area contributed by atoms with Gasteiger partial charge in [-0.05, 0) is 17.0 Å². The Kier molecular flexibility index (Phi) is 7.56. The van der Waals surface area contributed by atoms with Crippen LogP contribution in [0.4, 0.5) is 0 Å². The normalized spacial score (nSPS) is 12.0. The van der Waals surface area contributed by atoms with Crippen LogP contribution in [-0.4, -0.2) is 31.5 Å². The van der Waals surface area contributed by atoms with E-state index in [1.165, 1.54) is 0 Å². The second-order valence-electron chi connectivity index (χ2n) is 5.47. The Balaban J connectivity index is 2.42. The first-order valence-corrected chi connectivity index (χ1v) is 7.31. The number of nitrogens with two attached hydrogens (primary N) is 1. The topological polar surface area (TPSA) is 93.5 Å². The minimum Gasteiger partial charge on any atom is -0.380 e. The van der Waals surface area contributed by atoms with E-state index in [9.17, 15) is 9.59 Å². The molecule has 1 atom stereocenters. The molecule has 0 saturated carbocycles. The van der Waals surface area contributed by atoms with Crippen molar-refractivity contribution in [2.75, 3.05) is 13.7 Å². The van der Waals surface area contributed by atoms with E-state index in [0.717, 1.165) is 11.1 Å². The van der Waals surface area contributed by atoms with Crippen LogP contribution in [0.25, 0.3) is 0 Å². The van der Waals surface area contributed by atoms with Crippen LogP contribution in [0.5, 0.6) is 0 Å².